The minimum Gasteiger partial charge on any atom is -0.476 e. The van der Waals surface area contributed by atoms with E-state index in [0.29, 0.717) is 11.6 Å². The van der Waals surface area contributed by atoms with Crippen molar-refractivity contribution in [1.29, 1.82) is 0 Å². The lowest BCUT2D eigenvalue weighted by Crippen LogP contribution is -2.35. The van der Waals surface area contributed by atoms with Crippen LogP contribution in [0.1, 0.15) is 21.2 Å². The molecule has 0 saturated heterocycles. The number of thiazole rings is 1. The lowest BCUT2D eigenvalue weighted by molar-refractivity contribution is 0.0691. The Kier molecular flexibility index (Phi) is 4.31. The Balaban J connectivity index is 1.77. The van der Waals surface area contributed by atoms with Crippen LogP contribution in [0.15, 0.2) is 17.6 Å². The number of urea groups is 1. The summed E-state index contributed by atoms with van der Waals surface area (Å²) in [4.78, 5) is 26.1. The van der Waals surface area contributed by atoms with Gasteiger partial charge in [0.1, 0.15) is 5.01 Å². The highest BCUT2D eigenvalue weighted by molar-refractivity contribution is 7.09. The molecular formula is C11H13N5O3S. The van der Waals surface area contributed by atoms with Crippen molar-refractivity contribution in [3.05, 3.63) is 34.0 Å². The van der Waals surface area contributed by atoms with Gasteiger partial charge in [0.05, 0.1) is 18.8 Å². The van der Waals surface area contributed by atoms with Crippen LogP contribution in [0, 0.1) is 0 Å². The summed E-state index contributed by atoms with van der Waals surface area (Å²) in [6, 6.07) is 1.46. The van der Waals surface area contributed by atoms with E-state index in [1.165, 1.54) is 16.7 Å². The van der Waals surface area contributed by atoms with E-state index in [1.54, 1.807) is 24.0 Å². The van der Waals surface area contributed by atoms with Gasteiger partial charge in [0.25, 0.3) is 0 Å². The van der Waals surface area contributed by atoms with Crippen LogP contribution >= 0.6 is 11.3 Å². The second-order valence-electron chi connectivity index (χ2n) is 3.91. The highest BCUT2D eigenvalue weighted by Crippen LogP contribution is 2.09. The highest BCUT2D eigenvalue weighted by Gasteiger charge is 2.09. The first-order valence-electron chi connectivity index (χ1n) is 5.72. The Labute approximate surface area is 118 Å². The number of aromatic carboxylic acids is 1. The quantitative estimate of drug-likeness (QED) is 0.747. The molecular weight excluding hydrogens is 282 g/mol. The van der Waals surface area contributed by atoms with E-state index in [4.69, 9.17) is 5.11 Å². The molecule has 0 aliphatic carbocycles. The van der Waals surface area contributed by atoms with Crippen molar-refractivity contribution in [3.8, 4) is 0 Å². The number of amides is 2. The molecule has 0 unspecified atom stereocenters. The van der Waals surface area contributed by atoms with Crippen molar-refractivity contribution in [1.82, 2.24) is 25.4 Å². The van der Waals surface area contributed by atoms with Crippen LogP contribution in [0.25, 0.3) is 0 Å². The van der Waals surface area contributed by atoms with E-state index in [9.17, 15) is 9.59 Å². The molecule has 0 aliphatic rings. The molecule has 0 atom stereocenters. The molecule has 3 N–H and O–H groups in total. The minimum atomic E-state index is -1.08. The molecule has 0 bridgehead atoms. The number of aromatic nitrogens is 3. The van der Waals surface area contributed by atoms with Crippen molar-refractivity contribution in [3.63, 3.8) is 0 Å². The number of aryl methyl sites for hydroxylation is 1. The Morgan fingerprint density at radius 2 is 2.15 bits per heavy atom. The fourth-order valence-corrected chi connectivity index (χ4v) is 2.16. The maximum atomic E-state index is 11.6. The monoisotopic (exact) mass is 295 g/mol. The van der Waals surface area contributed by atoms with Crippen LogP contribution in [-0.2, 0) is 20.1 Å². The van der Waals surface area contributed by atoms with Crippen LogP contribution in [-0.4, -0.2) is 31.9 Å². The third kappa shape index (κ3) is 3.54. The van der Waals surface area contributed by atoms with Gasteiger partial charge >= 0.3 is 12.0 Å². The zero-order valence-electron chi connectivity index (χ0n) is 10.7. The topological polar surface area (TPSA) is 109 Å². The molecule has 0 aromatic carbocycles. The van der Waals surface area contributed by atoms with Crippen LogP contribution in [0.5, 0.6) is 0 Å². The van der Waals surface area contributed by atoms with E-state index in [1.807, 2.05) is 0 Å². The van der Waals surface area contributed by atoms with Gasteiger partial charge in [-0.2, -0.15) is 5.10 Å². The standard InChI is InChI=1S/C11H13N5O3S/c1-16-7(2-3-14-16)4-12-11(19)13-5-9-15-8(6-20-9)10(17)18/h2-3,6H,4-5H2,1H3,(H,17,18)(H2,12,13,19). The Morgan fingerprint density at radius 1 is 1.40 bits per heavy atom. The van der Waals surface area contributed by atoms with Gasteiger partial charge in [-0.15, -0.1) is 11.3 Å². The summed E-state index contributed by atoms with van der Waals surface area (Å²) >= 11 is 1.19. The van der Waals surface area contributed by atoms with Gasteiger partial charge in [0.15, 0.2) is 5.69 Å². The van der Waals surface area contributed by atoms with Crippen LogP contribution in [0.3, 0.4) is 0 Å². The normalized spacial score (nSPS) is 10.2. The largest absolute Gasteiger partial charge is 0.476 e. The molecule has 0 radical (unpaired) electrons. The first kappa shape index (κ1) is 14.0. The minimum absolute atomic E-state index is 0.0120. The summed E-state index contributed by atoms with van der Waals surface area (Å²) in [5.41, 5.74) is 0.865. The van der Waals surface area contributed by atoms with Crippen molar-refractivity contribution in [2.75, 3.05) is 0 Å². The highest BCUT2D eigenvalue weighted by atomic mass is 32.1. The van der Waals surface area contributed by atoms with Crippen molar-refractivity contribution in [2.24, 2.45) is 7.05 Å². The fourth-order valence-electron chi connectivity index (χ4n) is 1.45. The number of carbonyl (C=O) groups excluding carboxylic acids is 1. The predicted molar refractivity (Wildman–Crippen MR) is 71.4 cm³/mol. The van der Waals surface area contributed by atoms with Gasteiger partial charge in [0.2, 0.25) is 0 Å². The van der Waals surface area contributed by atoms with Gasteiger partial charge in [-0.1, -0.05) is 0 Å². The molecule has 0 saturated carbocycles. The summed E-state index contributed by atoms with van der Waals surface area (Å²) in [7, 11) is 1.79. The number of nitrogens with zero attached hydrogens (tertiary/aromatic N) is 3. The van der Waals surface area contributed by atoms with E-state index in [-0.39, 0.29) is 18.3 Å². The van der Waals surface area contributed by atoms with Crippen molar-refractivity contribution < 1.29 is 14.7 Å². The molecule has 8 nitrogen and oxygen atoms in total. The Hall–Kier alpha value is -2.42. The first-order chi connectivity index (χ1) is 9.56. The second-order valence-corrected chi connectivity index (χ2v) is 4.86. The van der Waals surface area contributed by atoms with Crippen LogP contribution in [0.4, 0.5) is 4.79 Å². The number of carboxylic acids is 1. The zero-order chi connectivity index (χ0) is 14.5. The van der Waals surface area contributed by atoms with Gasteiger partial charge in [0, 0.05) is 18.6 Å². The molecule has 0 fully saturated rings. The number of hydrogen-bond donors (Lipinski definition) is 3. The SMILES string of the molecule is Cn1nccc1CNC(=O)NCc1nc(C(=O)O)cs1. The zero-order valence-corrected chi connectivity index (χ0v) is 11.5. The summed E-state index contributed by atoms with van der Waals surface area (Å²) < 4.78 is 1.67. The van der Waals surface area contributed by atoms with Crippen molar-refractivity contribution >= 4 is 23.3 Å². The molecule has 0 aliphatic heterocycles. The maximum absolute atomic E-state index is 11.6. The van der Waals surface area contributed by atoms with Crippen molar-refractivity contribution in [2.45, 2.75) is 13.1 Å². The number of carbonyl (C=O) groups is 2. The van der Waals surface area contributed by atoms with Crippen LogP contribution < -0.4 is 10.6 Å². The van der Waals surface area contributed by atoms with Crippen LogP contribution in [0.2, 0.25) is 0 Å². The summed E-state index contributed by atoms with van der Waals surface area (Å²) in [5.74, 6) is -1.08. The average molecular weight is 295 g/mol. The summed E-state index contributed by atoms with van der Waals surface area (Å²) in [6.07, 6.45) is 1.65. The molecule has 106 valence electrons. The number of rotatable bonds is 5. The molecule has 2 aromatic rings. The molecule has 0 spiro atoms. The number of hydrogen-bond acceptors (Lipinski definition) is 5. The predicted octanol–water partition coefficient (Wildman–Crippen LogP) is 0.574. The third-order valence-electron chi connectivity index (χ3n) is 2.52. The fraction of sp³-hybridized carbons (Fsp3) is 0.273. The average Bonchev–Trinajstić information content (AvgIpc) is 3.03. The first-order valence-corrected chi connectivity index (χ1v) is 6.60. The summed E-state index contributed by atoms with van der Waals surface area (Å²) in [6.45, 7) is 0.551. The van der Waals surface area contributed by atoms with Gasteiger partial charge in [-0.05, 0) is 6.07 Å². The number of nitrogens with one attached hydrogen (secondary N) is 2. The number of carboxylic acid groups (broad SMARTS) is 1. The third-order valence-corrected chi connectivity index (χ3v) is 3.37. The van der Waals surface area contributed by atoms with Gasteiger partial charge < -0.3 is 15.7 Å². The smallest absolute Gasteiger partial charge is 0.355 e. The molecule has 2 amide bonds. The lowest BCUT2D eigenvalue weighted by atomic mass is 10.4. The molecule has 2 heterocycles. The molecule has 9 heteroatoms. The second kappa shape index (κ2) is 6.15. The van der Waals surface area contributed by atoms with Gasteiger partial charge in [-0.25, -0.2) is 14.6 Å². The molecule has 2 aromatic heterocycles. The maximum Gasteiger partial charge on any atom is 0.355 e. The van der Waals surface area contributed by atoms with Gasteiger partial charge in [-0.3, -0.25) is 4.68 Å². The van der Waals surface area contributed by atoms with E-state index in [2.05, 4.69) is 20.7 Å². The Bertz CT molecular complexity index is 621. The van der Waals surface area contributed by atoms with E-state index in [0.717, 1.165) is 5.69 Å². The Morgan fingerprint density at radius 3 is 2.75 bits per heavy atom. The molecule has 20 heavy (non-hydrogen) atoms. The lowest BCUT2D eigenvalue weighted by Gasteiger charge is -2.06. The van der Waals surface area contributed by atoms with E-state index >= 15 is 0 Å². The van der Waals surface area contributed by atoms with E-state index < -0.39 is 5.97 Å². The summed E-state index contributed by atoms with van der Waals surface area (Å²) in [5, 5.41) is 20.0. The molecule has 2 rings (SSSR count).